The van der Waals surface area contributed by atoms with Gasteiger partial charge < -0.3 is 4.74 Å². The van der Waals surface area contributed by atoms with Gasteiger partial charge in [-0.15, -0.1) is 0 Å². The third kappa shape index (κ3) is 2.85. The fourth-order valence-corrected chi connectivity index (χ4v) is 7.74. The molecular weight excluding hydrogens is 402 g/mol. The number of carbonyl (C=O) groups excluding carboxylic acids is 3. The van der Waals surface area contributed by atoms with Gasteiger partial charge in [-0.2, -0.15) is 0 Å². The Kier molecular flexibility index (Phi) is 5.30. The first-order valence-corrected chi connectivity index (χ1v) is 11.5. The molecule has 0 heterocycles. The highest BCUT2D eigenvalue weighted by molar-refractivity contribution is 6.01. The quantitative estimate of drug-likeness (QED) is 0.601. The maximum atomic E-state index is 15.4. The molecule has 0 unspecified atom stereocenters. The van der Waals surface area contributed by atoms with E-state index in [4.69, 9.17) is 4.74 Å². The molecule has 0 saturated heterocycles. The van der Waals surface area contributed by atoms with Crippen LogP contribution in [0.1, 0.15) is 59.8 Å². The van der Waals surface area contributed by atoms with Gasteiger partial charge in [0.2, 0.25) is 5.78 Å². The lowest BCUT2D eigenvalue weighted by atomic mass is 9.46. The summed E-state index contributed by atoms with van der Waals surface area (Å²) >= 11 is 0. The minimum Gasteiger partial charge on any atom is -0.450 e. The van der Waals surface area contributed by atoms with E-state index in [0.717, 1.165) is 0 Å². The van der Waals surface area contributed by atoms with Crippen LogP contribution < -0.4 is 0 Å². The smallest absolute Gasteiger partial charge is 0.306 e. The number of halogens is 2. The van der Waals surface area contributed by atoms with Crippen molar-refractivity contribution < 1.29 is 27.9 Å². The van der Waals surface area contributed by atoms with Crippen molar-refractivity contribution in [3.05, 3.63) is 23.8 Å². The van der Waals surface area contributed by atoms with E-state index < -0.39 is 41.0 Å². The van der Waals surface area contributed by atoms with Gasteiger partial charge in [0, 0.05) is 23.2 Å². The fraction of sp³-hybridized carbons (Fsp3) is 0.720. The molecule has 0 amide bonds. The zero-order valence-electron chi connectivity index (χ0n) is 18.8. The highest BCUT2D eigenvalue weighted by Gasteiger charge is 2.71. The van der Waals surface area contributed by atoms with Crippen LogP contribution in [0.25, 0.3) is 0 Å². The molecule has 4 aliphatic carbocycles. The number of ether oxygens (including phenoxy) is 1. The number of esters is 1. The largest absolute Gasteiger partial charge is 0.450 e. The fourth-order valence-electron chi connectivity index (χ4n) is 7.74. The summed E-state index contributed by atoms with van der Waals surface area (Å²) in [4.78, 5) is 37.3. The van der Waals surface area contributed by atoms with Crippen LogP contribution in [0.15, 0.2) is 23.8 Å². The summed E-state index contributed by atoms with van der Waals surface area (Å²) < 4.78 is 35.1. The molecule has 0 aromatic heterocycles. The van der Waals surface area contributed by atoms with Crippen LogP contribution in [-0.4, -0.2) is 36.0 Å². The van der Waals surface area contributed by atoms with Gasteiger partial charge in [-0.1, -0.05) is 33.8 Å². The second kappa shape index (κ2) is 7.35. The lowest BCUT2D eigenvalue weighted by Gasteiger charge is -2.58. The summed E-state index contributed by atoms with van der Waals surface area (Å²) in [5.74, 6) is -1.68. The van der Waals surface area contributed by atoms with E-state index in [0.29, 0.717) is 24.8 Å². The van der Waals surface area contributed by atoms with E-state index in [2.05, 4.69) is 0 Å². The van der Waals surface area contributed by atoms with Crippen LogP contribution in [-0.2, 0) is 19.1 Å². The van der Waals surface area contributed by atoms with E-state index in [1.807, 2.05) is 26.8 Å². The molecule has 4 aliphatic rings. The molecular formula is C25H32F2O4. The summed E-state index contributed by atoms with van der Waals surface area (Å²) in [5.41, 5.74) is -2.24. The molecule has 8 atom stereocenters. The predicted molar refractivity (Wildman–Crippen MR) is 112 cm³/mol. The van der Waals surface area contributed by atoms with Crippen LogP contribution >= 0.6 is 0 Å². The van der Waals surface area contributed by atoms with Gasteiger partial charge in [-0.25, -0.2) is 8.78 Å². The Balaban J connectivity index is 1.78. The van der Waals surface area contributed by atoms with Crippen molar-refractivity contribution in [2.45, 2.75) is 71.6 Å². The van der Waals surface area contributed by atoms with Crippen molar-refractivity contribution in [3.63, 3.8) is 0 Å². The Bertz CT molecular complexity index is 879. The zero-order valence-corrected chi connectivity index (χ0v) is 18.8. The average Bonchev–Trinajstić information content (AvgIpc) is 2.96. The first-order valence-electron chi connectivity index (χ1n) is 11.5. The maximum Gasteiger partial charge on any atom is 0.306 e. The van der Waals surface area contributed by atoms with Crippen molar-refractivity contribution in [2.75, 3.05) is 6.67 Å². The lowest BCUT2D eigenvalue weighted by Crippen LogP contribution is -2.61. The Morgan fingerprint density at radius 3 is 2.58 bits per heavy atom. The molecule has 0 aromatic carbocycles. The second-order valence-corrected chi connectivity index (χ2v) is 10.4. The normalized spacial score (nSPS) is 45.9. The Hall–Kier alpha value is -1.85. The third-order valence-electron chi connectivity index (χ3n) is 9.18. The monoisotopic (exact) mass is 434 g/mol. The Morgan fingerprint density at radius 2 is 1.94 bits per heavy atom. The standard InChI is InChI=1S/C25H32F2O4/c1-5-22(30)31-25(21(29)13-26)14(2)10-18-16-12-20(27)19-11-15(28)6-8-23(19,3)17(16)7-9-24(18,25)4/h6,8,11,14,16-18,20H,5,7,9-10,12-13H2,1-4H3/t14-,16+,17-,18-,20-,23+,24-,25-/m0/s1. The van der Waals surface area contributed by atoms with Crippen LogP contribution in [0.2, 0.25) is 0 Å². The number of alkyl halides is 2. The van der Waals surface area contributed by atoms with Crippen molar-refractivity contribution in [3.8, 4) is 0 Å². The van der Waals surface area contributed by atoms with Crippen LogP contribution in [0.4, 0.5) is 8.78 Å². The Morgan fingerprint density at radius 1 is 1.23 bits per heavy atom. The molecule has 0 radical (unpaired) electrons. The van der Waals surface area contributed by atoms with E-state index >= 15 is 4.39 Å². The first-order chi connectivity index (χ1) is 14.5. The van der Waals surface area contributed by atoms with Gasteiger partial charge in [0.15, 0.2) is 18.1 Å². The van der Waals surface area contributed by atoms with Crippen LogP contribution in [0, 0.1) is 34.5 Å². The first kappa shape index (κ1) is 22.3. The van der Waals surface area contributed by atoms with Gasteiger partial charge in [0.25, 0.3) is 0 Å². The molecule has 3 saturated carbocycles. The molecule has 0 bridgehead atoms. The van der Waals surface area contributed by atoms with Crippen molar-refractivity contribution >= 4 is 17.5 Å². The van der Waals surface area contributed by atoms with Crippen molar-refractivity contribution in [1.82, 2.24) is 0 Å². The summed E-state index contributed by atoms with van der Waals surface area (Å²) in [6.45, 7) is 6.28. The van der Waals surface area contributed by atoms with E-state index in [1.165, 1.54) is 12.2 Å². The molecule has 4 rings (SSSR count). The zero-order chi connectivity index (χ0) is 22.8. The highest BCUT2D eigenvalue weighted by Crippen LogP contribution is 2.69. The van der Waals surface area contributed by atoms with E-state index in [-0.39, 0.29) is 42.3 Å². The van der Waals surface area contributed by atoms with Gasteiger partial charge in [0.1, 0.15) is 6.17 Å². The van der Waals surface area contributed by atoms with Gasteiger partial charge in [-0.05, 0) is 61.2 Å². The Labute approximate surface area is 182 Å². The minimum absolute atomic E-state index is 0.0363. The third-order valence-corrected chi connectivity index (χ3v) is 9.18. The SMILES string of the molecule is CCC(=O)O[C@]1(C(=O)CF)[C@@H](C)C[C@H]2[C@@H]3C[C@H](F)C4=CC(=O)C=C[C@]4(C)[C@H]3CC[C@@]21C. The molecule has 0 aliphatic heterocycles. The molecule has 3 fully saturated rings. The number of hydrogen-bond donors (Lipinski definition) is 0. The summed E-state index contributed by atoms with van der Waals surface area (Å²) in [5, 5.41) is 0. The number of ketones is 2. The molecule has 0 spiro atoms. The van der Waals surface area contributed by atoms with E-state index in [1.54, 1.807) is 6.92 Å². The van der Waals surface area contributed by atoms with Gasteiger partial charge >= 0.3 is 5.97 Å². The van der Waals surface area contributed by atoms with Gasteiger partial charge in [-0.3, -0.25) is 14.4 Å². The second-order valence-electron chi connectivity index (χ2n) is 10.4. The number of Topliss-reactive ketones (excluding diaryl/α,β-unsaturated/α-hetero) is 1. The highest BCUT2D eigenvalue weighted by atomic mass is 19.1. The van der Waals surface area contributed by atoms with E-state index in [9.17, 15) is 18.8 Å². The summed E-state index contributed by atoms with van der Waals surface area (Å²) in [6, 6.07) is 0. The van der Waals surface area contributed by atoms with Crippen molar-refractivity contribution in [2.24, 2.45) is 34.5 Å². The lowest BCUT2D eigenvalue weighted by molar-refractivity contribution is -0.195. The molecule has 31 heavy (non-hydrogen) atoms. The number of hydrogen-bond acceptors (Lipinski definition) is 4. The minimum atomic E-state index is -1.51. The van der Waals surface area contributed by atoms with Crippen LogP contribution in [0.3, 0.4) is 0 Å². The van der Waals surface area contributed by atoms with Crippen LogP contribution in [0.5, 0.6) is 0 Å². The summed E-state index contributed by atoms with van der Waals surface area (Å²) in [6.07, 6.45) is 5.87. The molecule has 6 heteroatoms. The topological polar surface area (TPSA) is 60.4 Å². The number of carbonyl (C=O) groups is 3. The van der Waals surface area contributed by atoms with Crippen molar-refractivity contribution in [1.29, 1.82) is 0 Å². The predicted octanol–water partition coefficient (Wildman–Crippen LogP) is 4.72. The number of fused-ring (bicyclic) bond motifs is 5. The number of allylic oxidation sites excluding steroid dienone is 4. The van der Waals surface area contributed by atoms with Gasteiger partial charge in [0.05, 0.1) is 0 Å². The molecule has 170 valence electrons. The number of rotatable bonds is 4. The summed E-state index contributed by atoms with van der Waals surface area (Å²) in [7, 11) is 0. The maximum absolute atomic E-state index is 15.4. The molecule has 4 nitrogen and oxygen atoms in total. The average molecular weight is 435 g/mol. The molecule has 0 aromatic rings. The molecule has 0 N–H and O–H groups in total.